The number of pyridine rings is 1. The van der Waals surface area contributed by atoms with Gasteiger partial charge in [-0.15, -0.1) is 0 Å². The Hall–Kier alpha value is -4.80. The molecule has 0 aliphatic carbocycles. The maximum Gasteiger partial charge on any atom is 0.341 e. The largest absolute Gasteiger partial charge is 0.507 e. The number of nitrogens with zero attached hydrogens (tertiary/aromatic N) is 3. The van der Waals surface area contributed by atoms with Crippen LogP contribution in [0.4, 0.5) is 0 Å². The molecule has 1 unspecified atom stereocenters. The smallest absolute Gasteiger partial charge is 0.341 e. The normalized spacial score (nSPS) is 15.0. The fourth-order valence-corrected chi connectivity index (χ4v) is 5.95. The number of aryl methyl sites for hydroxylation is 1. The Balaban J connectivity index is 1.61. The molecular weight excluding hydrogens is 586 g/mol. The van der Waals surface area contributed by atoms with Crippen molar-refractivity contribution < 1.29 is 33.3 Å². The molecule has 1 fully saturated rings. The molecule has 0 bridgehead atoms. The summed E-state index contributed by atoms with van der Waals surface area (Å²) in [5, 5.41) is 12.8. The first-order valence-corrected chi connectivity index (χ1v) is 15.2. The SMILES string of the molecule is C=C/C(=C\c1c(O)c(C(c2ccncc2)N2CCN(C)CC2)c2c(C(=O)OC)coc2c1C)OCCc1cc(OC)cc(OC)c1. The van der Waals surface area contributed by atoms with E-state index < -0.39 is 12.0 Å². The Morgan fingerprint density at radius 1 is 1.09 bits per heavy atom. The van der Waals surface area contributed by atoms with Crippen LogP contribution in [0.2, 0.25) is 0 Å². The van der Waals surface area contributed by atoms with Gasteiger partial charge >= 0.3 is 5.97 Å². The summed E-state index contributed by atoms with van der Waals surface area (Å²) < 4.78 is 28.1. The third-order valence-electron chi connectivity index (χ3n) is 8.48. The Labute approximate surface area is 269 Å². The van der Waals surface area contributed by atoms with Crippen molar-refractivity contribution in [2.24, 2.45) is 0 Å². The van der Waals surface area contributed by atoms with E-state index in [0.29, 0.717) is 57.9 Å². The fraction of sp³-hybridized carbons (Fsp3) is 0.333. The minimum atomic E-state index is -0.543. The molecule has 3 heterocycles. The number of hydrogen-bond donors (Lipinski definition) is 1. The summed E-state index contributed by atoms with van der Waals surface area (Å²) in [5.41, 5.74) is 4.38. The molecule has 1 aliphatic heterocycles. The van der Waals surface area contributed by atoms with Crippen molar-refractivity contribution in [1.29, 1.82) is 0 Å². The Morgan fingerprint density at radius 2 is 1.76 bits per heavy atom. The molecule has 2 aromatic heterocycles. The standard InChI is InChI=1S/C36H41N3O7/c1-7-26(45-17-10-24-18-27(42-4)20-28(19-24)43-5)21-29-23(2)35-31(30(22-46-35)36(41)44-6)32(34(29)40)33(25-8-11-37-12-9-25)39-15-13-38(3)14-16-39/h7-9,11-12,18-22,33,40H,1,10,13-17H2,2-6H3/b26-21+. The van der Waals surface area contributed by atoms with Gasteiger partial charge in [0, 0.05) is 73.1 Å². The van der Waals surface area contributed by atoms with Gasteiger partial charge in [-0.05, 0) is 61.5 Å². The van der Waals surface area contributed by atoms with Gasteiger partial charge in [0.1, 0.15) is 40.4 Å². The molecule has 5 rings (SSSR count). The highest BCUT2D eigenvalue weighted by Crippen LogP contribution is 2.46. The Morgan fingerprint density at radius 3 is 2.37 bits per heavy atom. The van der Waals surface area contributed by atoms with E-state index in [1.165, 1.54) is 13.4 Å². The molecule has 1 N–H and O–H groups in total. The van der Waals surface area contributed by atoms with E-state index in [1.807, 2.05) is 37.3 Å². The molecule has 0 saturated carbocycles. The van der Waals surface area contributed by atoms with Gasteiger partial charge in [-0.1, -0.05) is 6.58 Å². The number of ether oxygens (including phenoxy) is 4. The lowest BCUT2D eigenvalue weighted by Crippen LogP contribution is -2.46. The number of benzene rings is 2. The first kappa shape index (κ1) is 32.6. The maximum absolute atomic E-state index is 13.0. The van der Waals surface area contributed by atoms with Gasteiger partial charge in [0.05, 0.1) is 34.0 Å². The number of rotatable bonds is 12. The first-order valence-electron chi connectivity index (χ1n) is 15.2. The second-order valence-electron chi connectivity index (χ2n) is 11.2. The summed E-state index contributed by atoms with van der Waals surface area (Å²) in [4.78, 5) is 21.8. The predicted octanol–water partition coefficient (Wildman–Crippen LogP) is 5.77. The van der Waals surface area contributed by atoms with E-state index in [2.05, 4.69) is 28.4 Å². The molecule has 4 aromatic rings. The molecule has 1 saturated heterocycles. The highest BCUT2D eigenvalue weighted by Gasteiger charge is 2.34. The number of piperazine rings is 1. The average Bonchev–Trinajstić information content (AvgIpc) is 3.53. The number of carbonyl (C=O) groups excluding carboxylic acids is 1. The van der Waals surface area contributed by atoms with Crippen LogP contribution in [0.5, 0.6) is 17.2 Å². The number of esters is 1. The lowest BCUT2D eigenvalue weighted by atomic mass is 9.88. The van der Waals surface area contributed by atoms with Crippen LogP contribution in [0, 0.1) is 6.92 Å². The zero-order valence-corrected chi connectivity index (χ0v) is 27.0. The predicted molar refractivity (Wildman–Crippen MR) is 176 cm³/mol. The number of methoxy groups -OCH3 is 3. The number of hydrogen-bond acceptors (Lipinski definition) is 10. The molecule has 10 heteroatoms. The minimum Gasteiger partial charge on any atom is -0.507 e. The summed E-state index contributed by atoms with van der Waals surface area (Å²) >= 11 is 0. The van der Waals surface area contributed by atoms with Gasteiger partial charge in [-0.2, -0.15) is 0 Å². The molecule has 0 radical (unpaired) electrons. The van der Waals surface area contributed by atoms with Gasteiger partial charge in [-0.3, -0.25) is 9.88 Å². The van der Waals surface area contributed by atoms with Crippen LogP contribution in [0.15, 0.2) is 71.8 Å². The van der Waals surface area contributed by atoms with Crippen molar-refractivity contribution in [2.75, 3.05) is 61.2 Å². The molecule has 10 nitrogen and oxygen atoms in total. The Bertz CT molecular complexity index is 1700. The van der Waals surface area contributed by atoms with Crippen molar-refractivity contribution in [3.63, 3.8) is 0 Å². The second-order valence-corrected chi connectivity index (χ2v) is 11.2. The zero-order valence-electron chi connectivity index (χ0n) is 27.0. The number of fused-ring (bicyclic) bond motifs is 1. The van der Waals surface area contributed by atoms with Crippen molar-refractivity contribution in [2.45, 2.75) is 19.4 Å². The van der Waals surface area contributed by atoms with Crippen molar-refractivity contribution in [3.05, 3.63) is 101 Å². The van der Waals surface area contributed by atoms with Gasteiger partial charge in [0.25, 0.3) is 0 Å². The van der Waals surface area contributed by atoms with Gasteiger partial charge in [0.2, 0.25) is 0 Å². The number of likely N-dealkylation sites (N-methyl/N-ethyl adjacent to an activating group) is 1. The third-order valence-corrected chi connectivity index (χ3v) is 8.48. The maximum atomic E-state index is 13.0. The number of phenols is 1. The van der Waals surface area contributed by atoms with Crippen LogP contribution in [0.1, 0.15) is 44.2 Å². The molecular formula is C36H41N3O7. The highest BCUT2D eigenvalue weighted by atomic mass is 16.5. The minimum absolute atomic E-state index is 0.0257. The second kappa shape index (κ2) is 14.5. The molecule has 1 aliphatic rings. The number of aromatic hydroxyl groups is 1. The summed E-state index contributed by atoms with van der Waals surface area (Å²) in [7, 11) is 6.66. The lowest BCUT2D eigenvalue weighted by Gasteiger charge is -2.39. The summed E-state index contributed by atoms with van der Waals surface area (Å²) in [6.45, 7) is 9.38. The monoisotopic (exact) mass is 627 g/mol. The topological polar surface area (TPSA) is 107 Å². The molecule has 2 aromatic carbocycles. The van der Waals surface area contributed by atoms with Crippen LogP contribution in [-0.2, 0) is 15.9 Å². The number of aromatic nitrogens is 1. The molecule has 1 atom stereocenters. The van der Waals surface area contributed by atoms with Gasteiger partial charge in [0.15, 0.2) is 0 Å². The quantitative estimate of drug-likeness (QED) is 0.118. The molecule has 46 heavy (non-hydrogen) atoms. The number of furan rings is 1. The number of carbonyl (C=O) groups is 1. The Kier molecular flexibility index (Phi) is 10.3. The first-order chi connectivity index (χ1) is 22.3. The van der Waals surface area contributed by atoms with Gasteiger partial charge in [-0.25, -0.2) is 4.79 Å². The van der Waals surface area contributed by atoms with Crippen molar-refractivity contribution >= 4 is 23.0 Å². The van der Waals surface area contributed by atoms with Crippen LogP contribution in [0.3, 0.4) is 0 Å². The molecule has 0 spiro atoms. The van der Waals surface area contributed by atoms with Crippen LogP contribution in [0.25, 0.3) is 17.0 Å². The third kappa shape index (κ3) is 6.73. The number of allylic oxidation sites excluding steroid dienone is 1. The van der Waals surface area contributed by atoms with Crippen molar-refractivity contribution in [3.8, 4) is 17.2 Å². The van der Waals surface area contributed by atoms with E-state index >= 15 is 0 Å². The van der Waals surface area contributed by atoms with E-state index in [0.717, 1.165) is 37.3 Å². The van der Waals surface area contributed by atoms with Crippen LogP contribution >= 0.6 is 0 Å². The van der Waals surface area contributed by atoms with E-state index in [-0.39, 0.29) is 11.3 Å². The molecule has 0 amide bonds. The van der Waals surface area contributed by atoms with Crippen LogP contribution in [-0.4, -0.2) is 87.0 Å². The van der Waals surface area contributed by atoms with Crippen LogP contribution < -0.4 is 9.47 Å². The molecule has 242 valence electrons. The highest BCUT2D eigenvalue weighted by molar-refractivity contribution is 6.07. The fourth-order valence-electron chi connectivity index (χ4n) is 5.95. The summed E-state index contributed by atoms with van der Waals surface area (Å²) in [6.07, 6.45) is 8.83. The van der Waals surface area contributed by atoms with Gasteiger partial charge < -0.3 is 33.4 Å². The van der Waals surface area contributed by atoms with E-state index in [1.54, 1.807) is 38.8 Å². The summed E-state index contributed by atoms with van der Waals surface area (Å²) in [6, 6.07) is 9.17. The van der Waals surface area contributed by atoms with Crippen molar-refractivity contribution in [1.82, 2.24) is 14.8 Å². The zero-order chi connectivity index (χ0) is 32.8. The van der Waals surface area contributed by atoms with E-state index in [9.17, 15) is 9.90 Å². The summed E-state index contributed by atoms with van der Waals surface area (Å²) in [5.74, 6) is 1.35. The average molecular weight is 628 g/mol. The lowest BCUT2D eigenvalue weighted by molar-refractivity contribution is 0.0601. The van der Waals surface area contributed by atoms with E-state index in [4.69, 9.17) is 23.4 Å². The number of phenolic OH excluding ortho intramolecular Hbond substituents is 1.